The van der Waals surface area contributed by atoms with Gasteiger partial charge in [-0.15, -0.1) is 0 Å². The summed E-state index contributed by atoms with van der Waals surface area (Å²) in [6.45, 7) is 15.7. The molecule has 0 bridgehead atoms. The topological polar surface area (TPSA) is 24.4 Å². The molecule has 0 aromatic heterocycles. The molecule has 1 aromatic carbocycles. The first kappa shape index (κ1) is 21.7. The smallest absolute Gasteiger partial charge is 0.0431 e. The average molecular weight is 351 g/mol. The van der Waals surface area contributed by atoms with E-state index in [1.54, 1.807) is 7.05 Å². The molecular formula is C24H34N2. The van der Waals surface area contributed by atoms with Gasteiger partial charge in [0.05, 0.1) is 0 Å². The van der Waals surface area contributed by atoms with Gasteiger partial charge in [-0.2, -0.15) is 0 Å². The van der Waals surface area contributed by atoms with E-state index in [0.717, 1.165) is 23.4 Å². The second kappa shape index (κ2) is 10.6. The van der Waals surface area contributed by atoms with E-state index in [2.05, 4.69) is 94.0 Å². The zero-order valence-corrected chi connectivity index (χ0v) is 17.2. The molecule has 2 heteroatoms. The number of hydrogen-bond acceptors (Lipinski definition) is 2. The predicted molar refractivity (Wildman–Crippen MR) is 118 cm³/mol. The molecule has 0 saturated carbocycles. The van der Waals surface area contributed by atoms with Gasteiger partial charge in [0.15, 0.2) is 0 Å². The molecule has 0 spiro atoms. The number of rotatable bonds is 8. The van der Waals surface area contributed by atoms with Gasteiger partial charge >= 0.3 is 0 Å². The van der Waals surface area contributed by atoms with E-state index in [0.29, 0.717) is 5.92 Å². The van der Waals surface area contributed by atoms with Crippen LogP contribution >= 0.6 is 0 Å². The van der Waals surface area contributed by atoms with E-state index >= 15 is 0 Å². The Kier molecular flexibility index (Phi) is 8.84. The van der Waals surface area contributed by atoms with Crippen LogP contribution in [-0.2, 0) is 5.41 Å². The maximum atomic E-state index is 4.09. The fourth-order valence-electron chi connectivity index (χ4n) is 2.35. The summed E-state index contributed by atoms with van der Waals surface area (Å²) >= 11 is 0. The van der Waals surface area contributed by atoms with Crippen LogP contribution in [0.2, 0.25) is 0 Å². The first-order chi connectivity index (χ1) is 12.3. The van der Waals surface area contributed by atoms with Crippen molar-refractivity contribution in [2.75, 3.05) is 13.6 Å². The van der Waals surface area contributed by atoms with Gasteiger partial charge in [-0.05, 0) is 34.1 Å². The summed E-state index contributed by atoms with van der Waals surface area (Å²) in [5.41, 5.74) is 4.83. The zero-order valence-electron chi connectivity index (χ0n) is 17.2. The minimum Gasteiger partial charge on any atom is -0.380 e. The lowest BCUT2D eigenvalue weighted by Crippen LogP contribution is -2.16. The van der Waals surface area contributed by atoms with Crippen LogP contribution in [0.15, 0.2) is 71.8 Å². The molecule has 26 heavy (non-hydrogen) atoms. The molecule has 140 valence electrons. The number of nitrogens with one attached hydrogen (secondary N) is 1. The quantitative estimate of drug-likeness (QED) is 0.455. The van der Waals surface area contributed by atoms with Gasteiger partial charge in [-0.25, -0.2) is 0 Å². The first-order valence-corrected chi connectivity index (χ1v) is 9.25. The van der Waals surface area contributed by atoms with E-state index in [9.17, 15) is 0 Å². The third kappa shape index (κ3) is 7.69. The highest BCUT2D eigenvalue weighted by Gasteiger charge is 2.13. The number of hydrogen-bond donors (Lipinski definition) is 1. The Morgan fingerprint density at radius 1 is 1.15 bits per heavy atom. The van der Waals surface area contributed by atoms with Crippen molar-refractivity contribution in [2.45, 2.75) is 40.0 Å². The lowest BCUT2D eigenvalue weighted by atomic mass is 9.86. The third-order valence-corrected chi connectivity index (χ3v) is 4.00. The summed E-state index contributed by atoms with van der Waals surface area (Å²) in [7, 11) is 1.78. The highest BCUT2D eigenvalue weighted by atomic mass is 14.9. The average Bonchev–Trinajstić information content (AvgIpc) is 2.59. The van der Waals surface area contributed by atoms with Crippen LogP contribution in [0, 0.1) is 5.92 Å². The molecule has 2 nitrogen and oxygen atoms in total. The maximum absolute atomic E-state index is 4.09. The molecule has 0 aliphatic carbocycles. The molecule has 0 aliphatic heterocycles. The van der Waals surface area contributed by atoms with Gasteiger partial charge < -0.3 is 5.32 Å². The Labute approximate surface area is 160 Å². The molecule has 0 aliphatic rings. The molecule has 1 N–H and O–H groups in total. The Balaban J connectivity index is 2.96. The van der Waals surface area contributed by atoms with Crippen molar-refractivity contribution in [2.24, 2.45) is 10.9 Å². The Bertz CT molecular complexity index is 678. The highest BCUT2D eigenvalue weighted by molar-refractivity contribution is 5.83. The van der Waals surface area contributed by atoms with E-state index in [1.165, 1.54) is 5.56 Å². The van der Waals surface area contributed by atoms with Crippen molar-refractivity contribution in [3.8, 4) is 0 Å². The highest BCUT2D eigenvalue weighted by Crippen LogP contribution is 2.23. The second-order valence-corrected chi connectivity index (χ2v) is 7.74. The van der Waals surface area contributed by atoms with Crippen molar-refractivity contribution >= 4 is 11.9 Å². The fourth-order valence-corrected chi connectivity index (χ4v) is 2.35. The molecule has 0 radical (unpaired) electrons. The molecule has 0 saturated heterocycles. The van der Waals surface area contributed by atoms with Crippen LogP contribution in [0.1, 0.15) is 45.7 Å². The van der Waals surface area contributed by atoms with Crippen molar-refractivity contribution < 1.29 is 0 Å². The molecule has 0 fully saturated rings. The summed E-state index contributed by atoms with van der Waals surface area (Å²) in [5, 5.41) is 3.51. The normalized spacial score (nSPS) is 13.8. The number of allylic oxidation sites excluding steroid dienone is 4. The van der Waals surface area contributed by atoms with Gasteiger partial charge in [-0.1, -0.05) is 89.8 Å². The largest absolute Gasteiger partial charge is 0.380 e. The third-order valence-electron chi connectivity index (χ3n) is 4.00. The van der Waals surface area contributed by atoms with Gasteiger partial charge in [0.25, 0.3) is 0 Å². The van der Waals surface area contributed by atoms with Gasteiger partial charge in [0.2, 0.25) is 0 Å². The SMILES string of the molecule is C=C/C(=C\C=C\C(C)C)CNC(=CC=NC)c1ccc(C(C)(C)C)cc1. The van der Waals surface area contributed by atoms with E-state index in [-0.39, 0.29) is 5.41 Å². The molecule has 1 rings (SSSR count). The Hall–Kier alpha value is -2.35. The lowest BCUT2D eigenvalue weighted by Gasteiger charge is -2.20. The van der Waals surface area contributed by atoms with Gasteiger partial charge in [0, 0.05) is 25.5 Å². The van der Waals surface area contributed by atoms with Crippen LogP contribution in [-0.4, -0.2) is 19.8 Å². The van der Waals surface area contributed by atoms with Crippen molar-refractivity contribution in [3.05, 3.63) is 77.9 Å². The standard InChI is InChI=1S/C24H34N2/c1-8-20(11-9-10-19(2)3)18-26-23(16-17-25-7)21-12-14-22(15-13-21)24(4,5)6/h8-17,19,26H,1,18H2,2-7H3/b10-9+,20-11+,23-16?,25-17?. The zero-order chi connectivity index (χ0) is 19.6. The van der Waals surface area contributed by atoms with E-state index in [1.807, 2.05) is 18.4 Å². The number of benzene rings is 1. The summed E-state index contributed by atoms with van der Waals surface area (Å²) in [6.07, 6.45) is 12.1. The van der Waals surface area contributed by atoms with Gasteiger partial charge in [0.1, 0.15) is 0 Å². The van der Waals surface area contributed by atoms with Gasteiger partial charge in [-0.3, -0.25) is 4.99 Å². The molecule has 0 atom stereocenters. The second-order valence-electron chi connectivity index (χ2n) is 7.74. The molecule has 0 amide bonds. The predicted octanol–water partition coefficient (Wildman–Crippen LogP) is 5.94. The minimum atomic E-state index is 0.155. The van der Waals surface area contributed by atoms with Crippen LogP contribution in [0.4, 0.5) is 0 Å². The van der Waals surface area contributed by atoms with Crippen LogP contribution in [0.25, 0.3) is 5.70 Å². The van der Waals surface area contributed by atoms with Crippen molar-refractivity contribution in [3.63, 3.8) is 0 Å². The summed E-state index contributed by atoms with van der Waals surface area (Å²) in [5.74, 6) is 0.544. The molecule has 0 unspecified atom stereocenters. The Morgan fingerprint density at radius 3 is 2.31 bits per heavy atom. The monoisotopic (exact) mass is 350 g/mol. The number of nitrogens with zero attached hydrogens (tertiary/aromatic N) is 1. The molecule has 1 aromatic rings. The first-order valence-electron chi connectivity index (χ1n) is 9.25. The molecule has 0 heterocycles. The van der Waals surface area contributed by atoms with Crippen LogP contribution in [0.5, 0.6) is 0 Å². The maximum Gasteiger partial charge on any atom is 0.0431 e. The van der Waals surface area contributed by atoms with Crippen molar-refractivity contribution in [1.29, 1.82) is 0 Å². The lowest BCUT2D eigenvalue weighted by molar-refractivity contribution is 0.590. The van der Waals surface area contributed by atoms with E-state index < -0.39 is 0 Å². The van der Waals surface area contributed by atoms with Crippen LogP contribution < -0.4 is 5.32 Å². The number of aliphatic imine (C=N–C) groups is 1. The minimum absolute atomic E-state index is 0.155. The Morgan fingerprint density at radius 2 is 1.81 bits per heavy atom. The summed E-state index contributed by atoms with van der Waals surface area (Å²) in [6, 6.07) is 8.73. The molecular weight excluding hydrogens is 316 g/mol. The summed E-state index contributed by atoms with van der Waals surface area (Å²) < 4.78 is 0. The fraction of sp³-hybridized carbons (Fsp3) is 0.375. The van der Waals surface area contributed by atoms with Crippen LogP contribution in [0.3, 0.4) is 0 Å². The summed E-state index contributed by atoms with van der Waals surface area (Å²) in [4.78, 5) is 4.09. The van der Waals surface area contributed by atoms with Crippen molar-refractivity contribution in [1.82, 2.24) is 5.32 Å². The van der Waals surface area contributed by atoms with E-state index in [4.69, 9.17) is 0 Å².